The molecule has 0 aliphatic carbocycles. The Bertz CT molecular complexity index is 516. The molecule has 1 N–H and O–H groups in total. The summed E-state index contributed by atoms with van der Waals surface area (Å²) in [6.07, 6.45) is 1.04. The van der Waals surface area contributed by atoms with E-state index in [1.807, 2.05) is 19.2 Å². The SMILES string of the molecule is CNC(C)Cc1ccc(OCc2ccc(C)cc2)cc1. The van der Waals surface area contributed by atoms with Crippen LogP contribution in [0.15, 0.2) is 48.5 Å². The van der Waals surface area contributed by atoms with Crippen molar-refractivity contribution in [1.29, 1.82) is 0 Å². The largest absolute Gasteiger partial charge is 0.489 e. The number of ether oxygens (including phenoxy) is 1. The van der Waals surface area contributed by atoms with E-state index >= 15 is 0 Å². The summed E-state index contributed by atoms with van der Waals surface area (Å²) in [7, 11) is 1.99. The van der Waals surface area contributed by atoms with Crippen LogP contribution in [0, 0.1) is 6.92 Å². The lowest BCUT2D eigenvalue weighted by atomic mass is 10.1. The molecule has 2 aromatic rings. The van der Waals surface area contributed by atoms with Crippen LogP contribution in [0.5, 0.6) is 5.75 Å². The summed E-state index contributed by atoms with van der Waals surface area (Å²) in [5.41, 5.74) is 3.80. The molecule has 106 valence electrons. The van der Waals surface area contributed by atoms with Gasteiger partial charge >= 0.3 is 0 Å². The van der Waals surface area contributed by atoms with Gasteiger partial charge in [0.1, 0.15) is 12.4 Å². The predicted octanol–water partition coefficient (Wildman–Crippen LogP) is 3.72. The second-order valence-electron chi connectivity index (χ2n) is 5.31. The quantitative estimate of drug-likeness (QED) is 0.863. The number of rotatable bonds is 6. The van der Waals surface area contributed by atoms with Gasteiger partial charge in [0.05, 0.1) is 0 Å². The topological polar surface area (TPSA) is 21.3 Å². The molecule has 0 amide bonds. The Labute approximate surface area is 121 Å². The molecular formula is C18H23NO. The molecular weight excluding hydrogens is 246 g/mol. The van der Waals surface area contributed by atoms with Crippen molar-refractivity contribution in [2.24, 2.45) is 0 Å². The summed E-state index contributed by atoms with van der Waals surface area (Å²) in [5.74, 6) is 0.923. The molecule has 2 heteroatoms. The van der Waals surface area contributed by atoms with E-state index in [9.17, 15) is 0 Å². The van der Waals surface area contributed by atoms with Crippen LogP contribution in [0.3, 0.4) is 0 Å². The summed E-state index contributed by atoms with van der Waals surface area (Å²) >= 11 is 0. The predicted molar refractivity (Wildman–Crippen MR) is 84.2 cm³/mol. The minimum atomic E-state index is 0.495. The maximum absolute atomic E-state index is 5.80. The van der Waals surface area contributed by atoms with Crippen molar-refractivity contribution in [1.82, 2.24) is 5.32 Å². The maximum Gasteiger partial charge on any atom is 0.119 e. The molecule has 1 unspecified atom stereocenters. The lowest BCUT2D eigenvalue weighted by Gasteiger charge is -2.11. The molecule has 2 nitrogen and oxygen atoms in total. The van der Waals surface area contributed by atoms with Crippen molar-refractivity contribution >= 4 is 0 Å². The lowest BCUT2D eigenvalue weighted by Crippen LogP contribution is -2.23. The molecule has 0 spiro atoms. The third-order valence-electron chi connectivity index (χ3n) is 3.48. The van der Waals surface area contributed by atoms with Gasteiger partial charge in [-0.1, -0.05) is 42.0 Å². The van der Waals surface area contributed by atoms with Crippen molar-refractivity contribution < 1.29 is 4.74 Å². The van der Waals surface area contributed by atoms with Crippen molar-refractivity contribution in [2.75, 3.05) is 7.05 Å². The van der Waals surface area contributed by atoms with Crippen LogP contribution in [0.2, 0.25) is 0 Å². The van der Waals surface area contributed by atoms with E-state index in [1.165, 1.54) is 16.7 Å². The Morgan fingerprint density at radius 1 is 0.950 bits per heavy atom. The van der Waals surface area contributed by atoms with Gasteiger partial charge in [-0.15, -0.1) is 0 Å². The van der Waals surface area contributed by atoms with Crippen LogP contribution < -0.4 is 10.1 Å². The van der Waals surface area contributed by atoms with Crippen LogP contribution >= 0.6 is 0 Å². The monoisotopic (exact) mass is 269 g/mol. The van der Waals surface area contributed by atoms with Crippen molar-refractivity contribution in [3.05, 3.63) is 65.2 Å². The fourth-order valence-corrected chi connectivity index (χ4v) is 2.03. The minimum Gasteiger partial charge on any atom is -0.489 e. The molecule has 0 aliphatic heterocycles. The maximum atomic E-state index is 5.80. The van der Waals surface area contributed by atoms with Gasteiger partial charge in [-0.3, -0.25) is 0 Å². The molecule has 20 heavy (non-hydrogen) atoms. The fourth-order valence-electron chi connectivity index (χ4n) is 2.03. The summed E-state index contributed by atoms with van der Waals surface area (Å²) in [5, 5.41) is 3.25. The van der Waals surface area contributed by atoms with Crippen molar-refractivity contribution in [3.63, 3.8) is 0 Å². The van der Waals surface area contributed by atoms with Crippen molar-refractivity contribution in [3.8, 4) is 5.75 Å². The van der Waals surface area contributed by atoms with Crippen LogP contribution in [-0.2, 0) is 13.0 Å². The molecule has 0 radical (unpaired) electrons. The first-order valence-electron chi connectivity index (χ1n) is 7.12. The van der Waals surface area contributed by atoms with Crippen LogP contribution in [0.25, 0.3) is 0 Å². The second kappa shape index (κ2) is 7.11. The van der Waals surface area contributed by atoms with Gasteiger partial charge in [-0.2, -0.15) is 0 Å². The second-order valence-corrected chi connectivity index (χ2v) is 5.31. The van der Waals surface area contributed by atoms with Crippen LogP contribution in [0.1, 0.15) is 23.6 Å². The molecule has 0 heterocycles. The molecule has 0 saturated heterocycles. The Morgan fingerprint density at radius 3 is 2.15 bits per heavy atom. The molecule has 2 rings (SSSR count). The number of hydrogen-bond acceptors (Lipinski definition) is 2. The van der Waals surface area contributed by atoms with E-state index in [0.717, 1.165) is 12.2 Å². The van der Waals surface area contributed by atoms with Crippen molar-refractivity contribution in [2.45, 2.75) is 32.9 Å². The number of nitrogens with one attached hydrogen (secondary N) is 1. The summed E-state index contributed by atoms with van der Waals surface area (Å²) in [6.45, 7) is 4.89. The van der Waals surface area contributed by atoms with Gasteiger partial charge < -0.3 is 10.1 Å². The van der Waals surface area contributed by atoms with Crippen LogP contribution in [0.4, 0.5) is 0 Å². The zero-order valence-corrected chi connectivity index (χ0v) is 12.5. The number of benzene rings is 2. The molecule has 0 aromatic heterocycles. The standard InChI is InChI=1S/C18H23NO/c1-14-4-6-17(7-5-14)13-20-18-10-8-16(9-11-18)12-15(2)19-3/h4-11,15,19H,12-13H2,1-3H3. The fraction of sp³-hybridized carbons (Fsp3) is 0.333. The zero-order valence-electron chi connectivity index (χ0n) is 12.5. The molecule has 1 atom stereocenters. The van der Waals surface area contributed by atoms with Gasteiger partial charge in [-0.25, -0.2) is 0 Å². The zero-order chi connectivity index (χ0) is 14.4. The highest BCUT2D eigenvalue weighted by Crippen LogP contribution is 2.15. The van der Waals surface area contributed by atoms with Gasteiger partial charge in [0.25, 0.3) is 0 Å². The average Bonchev–Trinajstić information content (AvgIpc) is 2.48. The van der Waals surface area contributed by atoms with Gasteiger partial charge in [0.15, 0.2) is 0 Å². The number of aryl methyl sites for hydroxylation is 1. The highest BCUT2D eigenvalue weighted by atomic mass is 16.5. The third-order valence-corrected chi connectivity index (χ3v) is 3.48. The average molecular weight is 269 g/mol. The lowest BCUT2D eigenvalue weighted by molar-refractivity contribution is 0.306. The van der Waals surface area contributed by atoms with E-state index in [1.54, 1.807) is 0 Å². The Hall–Kier alpha value is -1.80. The molecule has 2 aromatic carbocycles. The van der Waals surface area contributed by atoms with E-state index in [4.69, 9.17) is 4.74 Å². The number of hydrogen-bond donors (Lipinski definition) is 1. The highest BCUT2D eigenvalue weighted by molar-refractivity contribution is 5.28. The van der Waals surface area contributed by atoms with Gasteiger partial charge in [0, 0.05) is 6.04 Å². The Balaban J connectivity index is 1.89. The van der Waals surface area contributed by atoms with Gasteiger partial charge in [0.2, 0.25) is 0 Å². The Morgan fingerprint density at radius 2 is 1.55 bits per heavy atom. The van der Waals surface area contributed by atoms with Gasteiger partial charge in [-0.05, 0) is 50.6 Å². The molecule has 0 fully saturated rings. The summed E-state index contributed by atoms with van der Waals surface area (Å²) in [6, 6.07) is 17.3. The smallest absolute Gasteiger partial charge is 0.119 e. The molecule has 0 bridgehead atoms. The minimum absolute atomic E-state index is 0.495. The number of likely N-dealkylation sites (N-methyl/N-ethyl adjacent to an activating group) is 1. The first-order valence-corrected chi connectivity index (χ1v) is 7.12. The third kappa shape index (κ3) is 4.39. The first kappa shape index (κ1) is 14.6. The van der Waals surface area contributed by atoms with E-state index in [2.05, 4.69) is 55.6 Å². The molecule has 0 aliphatic rings. The normalized spacial score (nSPS) is 12.2. The molecule has 0 saturated carbocycles. The van der Waals surface area contributed by atoms with E-state index in [-0.39, 0.29) is 0 Å². The van der Waals surface area contributed by atoms with Crippen LogP contribution in [-0.4, -0.2) is 13.1 Å². The first-order chi connectivity index (χ1) is 9.67. The van der Waals surface area contributed by atoms with E-state index in [0.29, 0.717) is 12.6 Å². The van der Waals surface area contributed by atoms with E-state index < -0.39 is 0 Å². The summed E-state index contributed by atoms with van der Waals surface area (Å²) < 4.78 is 5.80. The highest BCUT2D eigenvalue weighted by Gasteiger charge is 2.01. The summed E-state index contributed by atoms with van der Waals surface area (Å²) in [4.78, 5) is 0. The Kier molecular flexibility index (Phi) is 5.19.